The molecule has 1 atom stereocenters. The van der Waals surface area contributed by atoms with Crippen molar-refractivity contribution >= 4 is 31.0 Å². The van der Waals surface area contributed by atoms with Crippen LogP contribution in [0.5, 0.6) is 5.75 Å². The summed E-state index contributed by atoms with van der Waals surface area (Å²) < 4.78 is 5.77. The second kappa shape index (κ2) is 9.20. The Kier molecular flexibility index (Phi) is 7.27. The van der Waals surface area contributed by atoms with Gasteiger partial charge in [-0.15, -0.1) is 0 Å². The average molecular weight is 363 g/mol. The average Bonchev–Trinajstić information content (AvgIpc) is 2.54. The maximum Gasteiger partial charge on any atom is 0.187 e. The summed E-state index contributed by atoms with van der Waals surface area (Å²) in [5.74, 6) is 0.874. The molecule has 24 heavy (non-hydrogen) atoms. The van der Waals surface area contributed by atoms with Gasteiger partial charge in [-0.3, -0.25) is 4.79 Å². The number of benzene rings is 2. The quantitative estimate of drug-likeness (QED) is 0.446. The molecule has 0 heterocycles. The Bertz CT molecular complexity index is 693. The van der Waals surface area contributed by atoms with Crippen LogP contribution in [-0.4, -0.2) is 12.1 Å². The number of rotatable bonds is 8. The summed E-state index contributed by atoms with van der Waals surface area (Å²) in [7, 11) is 0.0671. The Labute approximate surface area is 151 Å². The van der Waals surface area contributed by atoms with E-state index in [1.54, 1.807) is 6.07 Å². The third-order valence-electron chi connectivity index (χ3n) is 3.91. The smallest absolute Gasteiger partial charge is 0.187 e. The molecule has 2 aromatic rings. The van der Waals surface area contributed by atoms with Gasteiger partial charge in [0.2, 0.25) is 0 Å². The van der Waals surface area contributed by atoms with Gasteiger partial charge < -0.3 is 4.74 Å². The fourth-order valence-electron chi connectivity index (χ4n) is 2.51. The first-order valence-corrected chi connectivity index (χ1v) is 9.70. The van der Waals surface area contributed by atoms with Gasteiger partial charge >= 0.3 is 0 Å². The maximum atomic E-state index is 12.6. The van der Waals surface area contributed by atoms with Crippen LogP contribution in [0.4, 0.5) is 0 Å². The molecule has 0 saturated heterocycles. The summed E-state index contributed by atoms with van der Waals surface area (Å²) in [6.07, 6.45) is 3.44. The van der Waals surface area contributed by atoms with E-state index in [-0.39, 0.29) is 14.1 Å². The molecule has 0 aliphatic rings. The van der Waals surface area contributed by atoms with Crippen molar-refractivity contribution in [3.8, 4) is 5.75 Å². The van der Waals surface area contributed by atoms with Crippen LogP contribution < -0.4 is 10.0 Å². The van der Waals surface area contributed by atoms with E-state index >= 15 is 0 Å². The van der Waals surface area contributed by atoms with E-state index < -0.39 is 0 Å². The first kappa shape index (κ1) is 19.0. The number of carbonyl (C=O) groups excluding carboxylic acids is 1. The minimum Gasteiger partial charge on any atom is -0.494 e. The molecule has 128 valence electrons. The predicted molar refractivity (Wildman–Crippen MR) is 105 cm³/mol. The van der Waals surface area contributed by atoms with Crippen molar-refractivity contribution in [3.63, 3.8) is 0 Å². The molecule has 2 rings (SSSR count). The van der Waals surface area contributed by atoms with Gasteiger partial charge in [-0.05, 0) is 63.5 Å². The molecule has 0 saturated carbocycles. The van der Waals surface area contributed by atoms with E-state index in [4.69, 9.17) is 16.3 Å². The largest absolute Gasteiger partial charge is 0.494 e. The lowest BCUT2D eigenvalue weighted by Crippen LogP contribution is -2.07. The second-order valence-electron chi connectivity index (χ2n) is 5.92. The number of halogens is 1. The molecule has 4 heteroatoms. The Morgan fingerprint density at radius 1 is 1.12 bits per heavy atom. The molecule has 0 spiro atoms. The van der Waals surface area contributed by atoms with Crippen molar-refractivity contribution in [2.45, 2.75) is 40.0 Å². The Hall–Kier alpha value is -1.37. The number of carbonyl (C=O) groups is 1. The molecule has 0 aliphatic carbocycles. The monoisotopic (exact) mass is 362 g/mol. The summed E-state index contributed by atoms with van der Waals surface area (Å²) in [5, 5.41) is 1.57. The highest BCUT2D eigenvalue weighted by atomic mass is 35.5. The minimum absolute atomic E-state index is 0.0671. The topological polar surface area (TPSA) is 26.3 Å². The molecular weight excluding hydrogens is 339 g/mol. The third-order valence-corrected chi connectivity index (χ3v) is 5.53. The number of ether oxygens (including phenoxy) is 1. The first-order chi connectivity index (χ1) is 11.5. The molecule has 2 aromatic carbocycles. The van der Waals surface area contributed by atoms with Gasteiger partial charge in [0.1, 0.15) is 5.75 Å². The van der Waals surface area contributed by atoms with Crippen LogP contribution in [0.15, 0.2) is 36.4 Å². The lowest BCUT2D eigenvalue weighted by Gasteiger charge is -2.11. The SMILES string of the molecule is CCCCCOc1ccc(PC(=O)c2c(C)cccc2Cl)c(C)c1. The fourth-order valence-corrected chi connectivity index (χ4v) is 4.04. The standard InChI is InChI=1S/C20H24ClO2P/c1-4-5-6-12-23-16-10-11-18(15(3)13-16)24-20(22)19-14(2)8-7-9-17(19)21/h7-11,13,24H,4-6,12H2,1-3H3. The van der Waals surface area contributed by atoms with Crippen molar-refractivity contribution in [3.05, 3.63) is 58.1 Å². The van der Waals surface area contributed by atoms with Crippen molar-refractivity contribution in [2.24, 2.45) is 0 Å². The van der Waals surface area contributed by atoms with E-state index in [0.29, 0.717) is 10.6 Å². The van der Waals surface area contributed by atoms with E-state index in [0.717, 1.165) is 35.2 Å². The zero-order chi connectivity index (χ0) is 17.5. The van der Waals surface area contributed by atoms with Crippen LogP contribution in [0, 0.1) is 13.8 Å². The van der Waals surface area contributed by atoms with Crippen LogP contribution in [-0.2, 0) is 0 Å². The molecule has 0 aromatic heterocycles. The maximum absolute atomic E-state index is 12.6. The summed E-state index contributed by atoms with van der Waals surface area (Å²) in [4.78, 5) is 12.6. The molecule has 0 bridgehead atoms. The van der Waals surface area contributed by atoms with E-state index in [1.165, 1.54) is 12.8 Å². The number of hydrogen-bond donors (Lipinski definition) is 0. The molecule has 0 fully saturated rings. The normalized spacial score (nSPS) is 11.2. The van der Waals surface area contributed by atoms with Crippen molar-refractivity contribution in [2.75, 3.05) is 6.61 Å². The van der Waals surface area contributed by atoms with Crippen molar-refractivity contribution < 1.29 is 9.53 Å². The summed E-state index contributed by atoms with van der Waals surface area (Å²) in [6, 6.07) is 11.5. The Balaban J connectivity index is 2.06. The molecule has 0 amide bonds. The lowest BCUT2D eigenvalue weighted by molar-refractivity contribution is 0.108. The summed E-state index contributed by atoms with van der Waals surface area (Å²) in [6.45, 7) is 6.86. The molecule has 2 nitrogen and oxygen atoms in total. The van der Waals surface area contributed by atoms with E-state index in [2.05, 4.69) is 6.92 Å². The fraction of sp³-hybridized carbons (Fsp3) is 0.350. The number of aryl methyl sites for hydroxylation is 2. The lowest BCUT2D eigenvalue weighted by atomic mass is 10.1. The molecular formula is C20H24ClO2P. The van der Waals surface area contributed by atoms with Gasteiger partial charge in [-0.2, -0.15) is 0 Å². The Morgan fingerprint density at radius 2 is 1.92 bits per heavy atom. The van der Waals surface area contributed by atoms with E-state index in [9.17, 15) is 4.79 Å². The van der Waals surface area contributed by atoms with Crippen LogP contribution >= 0.6 is 20.2 Å². The highest BCUT2D eigenvalue weighted by molar-refractivity contribution is 7.66. The van der Waals surface area contributed by atoms with Crippen LogP contribution in [0.2, 0.25) is 5.02 Å². The predicted octanol–water partition coefficient (Wildman–Crippen LogP) is 5.67. The minimum atomic E-state index is 0.0671. The Morgan fingerprint density at radius 3 is 2.58 bits per heavy atom. The van der Waals surface area contributed by atoms with Crippen LogP contribution in [0.1, 0.15) is 47.7 Å². The van der Waals surface area contributed by atoms with Crippen LogP contribution in [0.3, 0.4) is 0 Å². The second-order valence-corrected chi connectivity index (χ2v) is 7.57. The first-order valence-electron chi connectivity index (χ1n) is 8.33. The van der Waals surface area contributed by atoms with Gasteiger partial charge in [-0.1, -0.05) is 49.6 Å². The molecule has 0 N–H and O–H groups in total. The van der Waals surface area contributed by atoms with Gasteiger partial charge in [-0.25, -0.2) is 0 Å². The van der Waals surface area contributed by atoms with Gasteiger partial charge in [0, 0.05) is 5.56 Å². The third kappa shape index (κ3) is 5.06. The summed E-state index contributed by atoms with van der Waals surface area (Å²) in [5.41, 5.74) is 2.72. The van der Waals surface area contributed by atoms with Crippen LogP contribution in [0.25, 0.3) is 0 Å². The van der Waals surface area contributed by atoms with Crippen molar-refractivity contribution in [1.82, 2.24) is 0 Å². The molecule has 1 unspecified atom stereocenters. The zero-order valence-electron chi connectivity index (χ0n) is 14.5. The number of unbranched alkanes of at least 4 members (excludes halogenated alkanes) is 2. The van der Waals surface area contributed by atoms with Gasteiger partial charge in [0.25, 0.3) is 0 Å². The highest BCUT2D eigenvalue weighted by Gasteiger charge is 2.15. The highest BCUT2D eigenvalue weighted by Crippen LogP contribution is 2.29. The molecule has 0 aliphatic heterocycles. The zero-order valence-corrected chi connectivity index (χ0v) is 16.2. The van der Waals surface area contributed by atoms with Gasteiger partial charge in [0.05, 0.1) is 11.6 Å². The van der Waals surface area contributed by atoms with E-state index in [1.807, 2.05) is 44.2 Å². The molecule has 0 radical (unpaired) electrons. The summed E-state index contributed by atoms with van der Waals surface area (Å²) >= 11 is 6.20. The van der Waals surface area contributed by atoms with Gasteiger partial charge in [0.15, 0.2) is 5.52 Å². The van der Waals surface area contributed by atoms with Crippen molar-refractivity contribution in [1.29, 1.82) is 0 Å². The number of hydrogen-bond acceptors (Lipinski definition) is 2.